The summed E-state index contributed by atoms with van der Waals surface area (Å²) >= 11 is 1.57. The molecular formula is C16H38N4O4S. The van der Waals surface area contributed by atoms with Crippen molar-refractivity contribution in [1.82, 2.24) is 0 Å². The first-order chi connectivity index (χ1) is 12.3. The SMILES string of the molecule is NCCCOCC(OCCCN)SC(COCCCN)OCCCN. The standard InChI is InChI=1S/C16H38N4O4S/c17-5-1-9-21-13-15(23-11-3-7-19)25-16(24-12-4-8-20)14-22-10-2-6-18/h15-16H,1-14,17-20H2. The molecule has 0 aromatic heterocycles. The van der Waals surface area contributed by atoms with Gasteiger partial charge in [-0.2, -0.15) is 0 Å². The topological polar surface area (TPSA) is 141 Å². The van der Waals surface area contributed by atoms with Crippen molar-refractivity contribution in [3.05, 3.63) is 0 Å². The third kappa shape index (κ3) is 17.2. The van der Waals surface area contributed by atoms with Gasteiger partial charge in [0.15, 0.2) is 0 Å². The van der Waals surface area contributed by atoms with E-state index in [0.717, 1.165) is 25.7 Å². The minimum atomic E-state index is -0.134. The average molecular weight is 383 g/mol. The molecule has 0 saturated carbocycles. The second-order valence-corrected chi connectivity index (χ2v) is 6.78. The lowest BCUT2D eigenvalue weighted by molar-refractivity contribution is 0.0126. The summed E-state index contributed by atoms with van der Waals surface area (Å²) in [6, 6.07) is 0. The van der Waals surface area contributed by atoms with Crippen LogP contribution in [0.2, 0.25) is 0 Å². The molecule has 0 aliphatic rings. The van der Waals surface area contributed by atoms with Crippen molar-refractivity contribution in [2.75, 3.05) is 65.8 Å². The predicted molar refractivity (Wildman–Crippen MR) is 103 cm³/mol. The van der Waals surface area contributed by atoms with Crippen molar-refractivity contribution < 1.29 is 18.9 Å². The Hall–Kier alpha value is 0.0300. The Morgan fingerprint density at radius 2 is 0.920 bits per heavy atom. The molecule has 0 radical (unpaired) electrons. The molecule has 2 atom stereocenters. The minimum absolute atomic E-state index is 0.134. The molecule has 0 spiro atoms. The van der Waals surface area contributed by atoms with Crippen LogP contribution in [0.5, 0.6) is 0 Å². The Kier molecular flexibility index (Phi) is 20.4. The number of nitrogens with two attached hydrogens (primary N) is 4. The number of thioether (sulfide) groups is 1. The summed E-state index contributed by atoms with van der Waals surface area (Å²) in [6.07, 6.45) is 3.29. The molecule has 0 aliphatic carbocycles. The quantitative estimate of drug-likeness (QED) is 0.167. The fourth-order valence-electron chi connectivity index (χ4n) is 1.75. The highest BCUT2D eigenvalue weighted by Crippen LogP contribution is 2.22. The zero-order valence-corrected chi connectivity index (χ0v) is 16.2. The second kappa shape index (κ2) is 20.3. The van der Waals surface area contributed by atoms with E-state index < -0.39 is 0 Å². The van der Waals surface area contributed by atoms with E-state index >= 15 is 0 Å². The number of hydrogen-bond acceptors (Lipinski definition) is 9. The Morgan fingerprint density at radius 3 is 1.28 bits per heavy atom. The van der Waals surface area contributed by atoms with Crippen molar-refractivity contribution in [3.8, 4) is 0 Å². The predicted octanol–water partition coefficient (Wildman–Crippen LogP) is -0.167. The van der Waals surface area contributed by atoms with E-state index in [2.05, 4.69) is 0 Å². The molecule has 2 unspecified atom stereocenters. The molecule has 8 nitrogen and oxygen atoms in total. The van der Waals surface area contributed by atoms with E-state index in [1.807, 2.05) is 0 Å². The highest BCUT2D eigenvalue weighted by molar-refractivity contribution is 8.00. The van der Waals surface area contributed by atoms with Gasteiger partial charge in [0.1, 0.15) is 10.9 Å². The van der Waals surface area contributed by atoms with Crippen molar-refractivity contribution in [1.29, 1.82) is 0 Å². The molecule has 25 heavy (non-hydrogen) atoms. The maximum Gasteiger partial charge on any atom is 0.129 e. The largest absolute Gasteiger partial charge is 0.378 e. The molecule has 0 amide bonds. The van der Waals surface area contributed by atoms with Crippen LogP contribution in [0.15, 0.2) is 0 Å². The summed E-state index contributed by atoms with van der Waals surface area (Å²) in [6.45, 7) is 5.84. The molecule has 152 valence electrons. The minimum Gasteiger partial charge on any atom is -0.378 e. The maximum absolute atomic E-state index is 5.87. The first-order valence-electron chi connectivity index (χ1n) is 9.12. The molecule has 0 saturated heterocycles. The highest BCUT2D eigenvalue weighted by Gasteiger charge is 2.19. The number of rotatable bonds is 20. The summed E-state index contributed by atoms with van der Waals surface area (Å²) in [4.78, 5) is 0. The van der Waals surface area contributed by atoms with Crippen molar-refractivity contribution in [2.24, 2.45) is 22.9 Å². The van der Waals surface area contributed by atoms with Crippen LogP contribution in [0.3, 0.4) is 0 Å². The van der Waals surface area contributed by atoms with Gasteiger partial charge in [-0.1, -0.05) is 11.8 Å². The van der Waals surface area contributed by atoms with Crippen LogP contribution in [0.1, 0.15) is 25.7 Å². The summed E-state index contributed by atoms with van der Waals surface area (Å²) in [7, 11) is 0. The third-order valence-electron chi connectivity index (χ3n) is 3.10. The van der Waals surface area contributed by atoms with Crippen LogP contribution in [-0.2, 0) is 18.9 Å². The van der Waals surface area contributed by atoms with Crippen molar-refractivity contribution in [3.63, 3.8) is 0 Å². The molecular weight excluding hydrogens is 344 g/mol. The van der Waals surface area contributed by atoms with E-state index in [0.29, 0.717) is 65.8 Å². The fraction of sp³-hybridized carbons (Fsp3) is 1.00. The Balaban J connectivity index is 4.36. The molecule has 0 aliphatic heterocycles. The van der Waals surface area contributed by atoms with Gasteiger partial charge in [-0.05, 0) is 51.9 Å². The van der Waals surface area contributed by atoms with Crippen LogP contribution in [0.4, 0.5) is 0 Å². The fourth-order valence-corrected chi connectivity index (χ4v) is 2.79. The smallest absolute Gasteiger partial charge is 0.129 e. The van der Waals surface area contributed by atoms with Gasteiger partial charge >= 0.3 is 0 Å². The second-order valence-electron chi connectivity index (χ2n) is 5.46. The van der Waals surface area contributed by atoms with E-state index in [-0.39, 0.29) is 10.9 Å². The van der Waals surface area contributed by atoms with Crippen LogP contribution in [0.25, 0.3) is 0 Å². The number of hydrogen-bond donors (Lipinski definition) is 4. The summed E-state index contributed by atoms with van der Waals surface area (Å²) in [5.41, 5.74) is 21.8. The first kappa shape index (κ1) is 25.0. The van der Waals surface area contributed by atoms with E-state index in [1.165, 1.54) is 0 Å². The van der Waals surface area contributed by atoms with Crippen molar-refractivity contribution >= 4 is 11.8 Å². The Bertz CT molecular complexity index is 244. The van der Waals surface area contributed by atoms with Crippen molar-refractivity contribution in [2.45, 2.75) is 36.6 Å². The Labute approximate surface area is 156 Å². The molecule has 8 N–H and O–H groups in total. The van der Waals surface area contributed by atoms with Crippen LogP contribution in [0, 0.1) is 0 Å². The molecule has 0 aromatic carbocycles. The van der Waals surface area contributed by atoms with Gasteiger partial charge in [-0.15, -0.1) is 0 Å². The highest BCUT2D eigenvalue weighted by atomic mass is 32.2. The molecule has 0 fully saturated rings. The lowest BCUT2D eigenvalue weighted by Gasteiger charge is -2.24. The van der Waals surface area contributed by atoms with Gasteiger partial charge in [0.2, 0.25) is 0 Å². The van der Waals surface area contributed by atoms with Gasteiger partial charge < -0.3 is 41.9 Å². The third-order valence-corrected chi connectivity index (χ3v) is 4.25. The summed E-state index contributed by atoms with van der Waals surface area (Å²) < 4.78 is 23.0. The van der Waals surface area contributed by atoms with Gasteiger partial charge in [0.05, 0.1) is 13.2 Å². The summed E-state index contributed by atoms with van der Waals surface area (Å²) in [5.74, 6) is 0. The zero-order valence-electron chi connectivity index (χ0n) is 15.4. The lowest BCUT2D eigenvalue weighted by atomic mass is 10.5. The average Bonchev–Trinajstić information content (AvgIpc) is 2.62. The number of ether oxygens (including phenoxy) is 4. The van der Waals surface area contributed by atoms with Gasteiger partial charge in [0.25, 0.3) is 0 Å². The first-order valence-corrected chi connectivity index (χ1v) is 10.1. The molecule has 0 aromatic rings. The molecule has 9 heteroatoms. The van der Waals surface area contributed by atoms with E-state index in [9.17, 15) is 0 Å². The van der Waals surface area contributed by atoms with E-state index in [4.69, 9.17) is 41.9 Å². The lowest BCUT2D eigenvalue weighted by Crippen LogP contribution is -2.27. The van der Waals surface area contributed by atoms with Gasteiger partial charge in [-0.3, -0.25) is 0 Å². The van der Waals surface area contributed by atoms with Crippen LogP contribution < -0.4 is 22.9 Å². The molecule has 0 rings (SSSR count). The zero-order chi connectivity index (χ0) is 18.6. The van der Waals surface area contributed by atoms with E-state index in [1.54, 1.807) is 11.8 Å². The maximum atomic E-state index is 5.87. The van der Waals surface area contributed by atoms with Crippen LogP contribution in [-0.4, -0.2) is 76.7 Å². The molecule has 0 bridgehead atoms. The summed E-state index contributed by atoms with van der Waals surface area (Å²) in [5, 5.41) is 0. The van der Waals surface area contributed by atoms with Gasteiger partial charge in [0, 0.05) is 26.4 Å². The molecule has 0 heterocycles. The van der Waals surface area contributed by atoms with Gasteiger partial charge in [-0.25, -0.2) is 0 Å². The van der Waals surface area contributed by atoms with Crippen LogP contribution >= 0.6 is 11.8 Å². The normalized spacial score (nSPS) is 13.9. The monoisotopic (exact) mass is 382 g/mol. The Morgan fingerprint density at radius 1 is 0.560 bits per heavy atom.